The molecule has 29 heavy (non-hydrogen) atoms. The van der Waals surface area contributed by atoms with Crippen LogP contribution in [0.4, 0.5) is 5.69 Å². The van der Waals surface area contributed by atoms with Crippen molar-refractivity contribution < 1.29 is 23.8 Å². The summed E-state index contributed by atoms with van der Waals surface area (Å²) in [7, 11) is 1.59. The number of methoxy groups -OCH3 is 1. The lowest BCUT2D eigenvalue weighted by Crippen LogP contribution is -2.40. The van der Waals surface area contributed by atoms with Crippen LogP contribution in [0.15, 0.2) is 42.5 Å². The Morgan fingerprint density at radius 2 is 1.76 bits per heavy atom. The number of hydrogen-bond donors (Lipinski definition) is 2. The van der Waals surface area contributed by atoms with Gasteiger partial charge < -0.3 is 24.8 Å². The van der Waals surface area contributed by atoms with Crippen LogP contribution in [0.25, 0.3) is 0 Å². The van der Waals surface area contributed by atoms with E-state index in [1.165, 1.54) is 0 Å². The van der Waals surface area contributed by atoms with Gasteiger partial charge in [-0.3, -0.25) is 14.5 Å². The molecule has 1 aliphatic rings. The van der Waals surface area contributed by atoms with Crippen LogP contribution in [0.1, 0.15) is 12.5 Å². The highest BCUT2D eigenvalue weighted by Gasteiger charge is 2.15. The van der Waals surface area contributed by atoms with E-state index in [2.05, 4.69) is 10.6 Å². The Hall–Kier alpha value is -3.26. The average molecular weight is 399 g/mol. The average Bonchev–Trinajstić information content (AvgIpc) is 3.20. The van der Waals surface area contributed by atoms with Crippen molar-refractivity contribution in [3.8, 4) is 17.2 Å². The third-order valence-electron chi connectivity index (χ3n) is 4.48. The lowest BCUT2D eigenvalue weighted by Gasteiger charge is -2.19. The predicted octanol–water partition coefficient (Wildman–Crippen LogP) is 2.00. The fourth-order valence-electron chi connectivity index (χ4n) is 2.87. The second-order valence-electron chi connectivity index (χ2n) is 6.54. The molecule has 154 valence electrons. The van der Waals surface area contributed by atoms with Gasteiger partial charge in [-0.25, -0.2) is 0 Å². The number of ether oxygens (including phenoxy) is 3. The number of hydrogen-bond acceptors (Lipinski definition) is 6. The molecule has 0 aromatic heterocycles. The van der Waals surface area contributed by atoms with Gasteiger partial charge >= 0.3 is 0 Å². The fraction of sp³-hybridized carbons (Fsp3) is 0.333. The minimum atomic E-state index is -0.180. The van der Waals surface area contributed by atoms with Gasteiger partial charge in [-0.15, -0.1) is 0 Å². The van der Waals surface area contributed by atoms with E-state index in [0.29, 0.717) is 30.3 Å². The summed E-state index contributed by atoms with van der Waals surface area (Å²) in [6, 6.07) is 12.6. The van der Waals surface area contributed by atoms with Crippen LogP contribution in [0.2, 0.25) is 0 Å². The molecule has 0 spiro atoms. The zero-order valence-corrected chi connectivity index (χ0v) is 16.6. The summed E-state index contributed by atoms with van der Waals surface area (Å²) in [5.41, 5.74) is 1.60. The molecule has 0 bridgehead atoms. The minimum absolute atomic E-state index is 0.125. The Balaban J connectivity index is 1.44. The normalized spacial score (nSPS) is 12.0. The first-order valence-corrected chi connectivity index (χ1v) is 9.39. The van der Waals surface area contributed by atoms with Crippen molar-refractivity contribution >= 4 is 17.5 Å². The van der Waals surface area contributed by atoms with Crippen molar-refractivity contribution in [2.45, 2.75) is 13.5 Å². The second kappa shape index (κ2) is 9.79. The molecule has 2 amide bonds. The van der Waals surface area contributed by atoms with E-state index in [1.807, 2.05) is 25.1 Å². The molecule has 0 fully saturated rings. The summed E-state index contributed by atoms with van der Waals surface area (Å²) >= 11 is 0. The molecule has 3 rings (SSSR count). The van der Waals surface area contributed by atoms with E-state index in [1.54, 1.807) is 36.3 Å². The molecular formula is C21H25N3O5. The van der Waals surface area contributed by atoms with Crippen LogP contribution >= 0.6 is 0 Å². The van der Waals surface area contributed by atoms with Gasteiger partial charge in [0.1, 0.15) is 5.75 Å². The monoisotopic (exact) mass is 399 g/mol. The fourth-order valence-corrected chi connectivity index (χ4v) is 2.87. The van der Waals surface area contributed by atoms with E-state index in [9.17, 15) is 9.59 Å². The number of amides is 2. The minimum Gasteiger partial charge on any atom is -0.497 e. The molecule has 1 heterocycles. The molecule has 0 saturated heterocycles. The maximum Gasteiger partial charge on any atom is 0.238 e. The number of benzene rings is 2. The first kappa shape index (κ1) is 20.5. The van der Waals surface area contributed by atoms with Gasteiger partial charge in [0.15, 0.2) is 11.5 Å². The highest BCUT2D eigenvalue weighted by Crippen LogP contribution is 2.32. The topological polar surface area (TPSA) is 89.1 Å². The molecule has 2 aromatic carbocycles. The Morgan fingerprint density at radius 3 is 2.48 bits per heavy atom. The van der Waals surface area contributed by atoms with Gasteiger partial charge in [-0.1, -0.05) is 13.0 Å². The smallest absolute Gasteiger partial charge is 0.238 e. The molecular weight excluding hydrogens is 374 g/mol. The van der Waals surface area contributed by atoms with Crippen molar-refractivity contribution in [2.24, 2.45) is 0 Å². The van der Waals surface area contributed by atoms with Gasteiger partial charge in [0.05, 0.1) is 20.2 Å². The van der Waals surface area contributed by atoms with Crippen LogP contribution in [0.5, 0.6) is 17.2 Å². The lowest BCUT2D eigenvalue weighted by atomic mass is 10.2. The van der Waals surface area contributed by atoms with Crippen molar-refractivity contribution in [1.29, 1.82) is 0 Å². The van der Waals surface area contributed by atoms with E-state index >= 15 is 0 Å². The zero-order chi connectivity index (χ0) is 20.6. The second-order valence-corrected chi connectivity index (χ2v) is 6.54. The lowest BCUT2D eigenvalue weighted by molar-refractivity contribution is -0.123. The van der Waals surface area contributed by atoms with Crippen LogP contribution in [0.3, 0.4) is 0 Å². The molecule has 0 atom stereocenters. The number of likely N-dealkylation sites (N-methyl/N-ethyl adjacent to an activating group) is 1. The Bertz CT molecular complexity index is 854. The molecule has 8 heteroatoms. The van der Waals surface area contributed by atoms with E-state index in [0.717, 1.165) is 11.3 Å². The molecule has 1 aliphatic heterocycles. The molecule has 0 unspecified atom stereocenters. The highest BCUT2D eigenvalue weighted by molar-refractivity contribution is 5.92. The maximum absolute atomic E-state index is 12.3. The summed E-state index contributed by atoms with van der Waals surface area (Å²) in [5, 5.41) is 5.69. The number of carbonyl (C=O) groups excluding carboxylic acids is 2. The van der Waals surface area contributed by atoms with Crippen LogP contribution in [-0.4, -0.2) is 50.3 Å². The number of fused-ring (bicyclic) bond motifs is 1. The summed E-state index contributed by atoms with van der Waals surface area (Å²) in [6.45, 7) is 3.34. The van der Waals surface area contributed by atoms with Crippen molar-refractivity contribution in [3.05, 3.63) is 48.0 Å². The summed E-state index contributed by atoms with van der Waals surface area (Å²) in [6.07, 6.45) is 0. The molecule has 0 saturated carbocycles. The van der Waals surface area contributed by atoms with Crippen molar-refractivity contribution in [1.82, 2.24) is 10.2 Å². The molecule has 0 aliphatic carbocycles. The van der Waals surface area contributed by atoms with Crippen LogP contribution < -0.4 is 24.8 Å². The first-order valence-electron chi connectivity index (χ1n) is 9.39. The first-order chi connectivity index (χ1) is 14.1. The van der Waals surface area contributed by atoms with Crippen molar-refractivity contribution in [2.75, 3.05) is 38.9 Å². The summed E-state index contributed by atoms with van der Waals surface area (Å²) < 4.78 is 15.7. The van der Waals surface area contributed by atoms with E-state index in [-0.39, 0.29) is 31.7 Å². The zero-order valence-electron chi connectivity index (χ0n) is 16.6. The predicted molar refractivity (Wildman–Crippen MR) is 108 cm³/mol. The SMILES string of the molecule is CCN(CC(=O)NCc1ccc2c(c1)OCO2)CC(=O)Nc1ccc(OC)cc1. The van der Waals surface area contributed by atoms with Crippen molar-refractivity contribution in [3.63, 3.8) is 0 Å². The van der Waals surface area contributed by atoms with Gasteiger partial charge in [0.25, 0.3) is 0 Å². The standard InChI is InChI=1S/C21H25N3O5/c1-3-24(13-21(26)23-16-5-7-17(27-2)8-6-16)12-20(25)22-11-15-4-9-18-19(10-15)29-14-28-18/h4-10H,3,11-14H2,1-2H3,(H,22,25)(H,23,26). The quantitative estimate of drug-likeness (QED) is 0.671. The Labute approximate surface area is 169 Å². The number of nitrogens with zero attached hydrogens (tertiary/aromatic N) is 1. The largest absolute Gasteiger partial charge is 0.497 e. The number of carbonyl (C=O) groups is 2. The number of nitrogens with one attached hydrogen (secondary N) is 2. The molecule has 8 nitrogen and oxygen atoms in total. The molecule has 2 aromatic rings. The third kappa shape index (κ3) is 5.86. The van der Waals surface area contributed by atoms with Gasteiger partial charge in [0.2, 0.25) is 18.6 Å². The van der Waals surface area contributed by atoms with Crippen LogP contribution in [0, 0.1) is 0 Å². The Kier molecular flexibility index (Phi) is 6.91. The number of anilines is 1. The third-order valence-corrected chi connectivity index (χ3v) is 4.48. The van der Waals surface area contributed by atoms with E-state index < -0.39 is 0 Å². The van der Waals surface area contributed by atoms with Gasteiger partial charge in [-0.2, -0.15) is 0 Å². The Morgan fingerprint density at radius 1 is 1.03 bits per heavy atom. The van der Waals surface area contributed by atoms with E-state index in [4.69, 9.17) is 14.2 Å². The van der Waals surface area contributed by atoms with Gasteiger partial charge in [-0.05, 0) is 48.5 Å². The van der Waals surface area contributed by atoms with Crippen LogP contribution in [-0.2, 0) is 16.1 Å². The summed E-state index contributed by atoms with van der Waals surface area (Å²) in [4.78, 5) is 26.3. The highest BCUT2D eigenvalue weighted by atomic mass is 16.7. The summed E-state index contributed by atoms with van der Waals surface area (Å²) in [5.74, 6) is 1.78. The van der Waals surface area contributed by atoms with Gasteiger partial charge in [0, 0.05) is 12.2 Å². The number of rotatable bonds is 9. The molecule has 2 N–H and O–H groups in total. The molecule has 0 radical (unpaired) electrons. The maximum atomic E-state index is 12.3.